The Balaban J connectivity index is 1.89. The molecule has 1 aromatic carbocycles. The van der Waals surface area contributed by atoms with Gasteiger partial charge in [0.2, 0.25) is 5.91 Å². The predicted molar refractivity (Wildman–Crippen MR) is 80.8 cm³/mol. The molecule has 1 amide bonds. The van der Waals surface area contributed by atoms with Gasteiger partial charge < -0.3 is 5.32 Å². The van der Waals surface area contributed by atoms with Gasteiger partial charge in [-0.2, -0.15) is 5.26 Å². The van der Waals surface area contributed by atoms with Gasteiger partial charge in [-0.1, -0.05) is 6.07 Å². The van der Waals surface area contributed by atoms with Gasteiger partial charge in [0.1, 0.15) is 16.6 Å². The standard InChI is InChI=1S/C15H9FN4OS/c16-9-4-5-12-11(7-9)19-15(22-12)10(8-17)14(21)20-13-3-1-2-6-18-13/h1-7,10H,(H,18,20,21). The summed E-state index contributed by atoms with van der Waals surface area (Å²) in [4.78, 5) is 20.4. The van der Waals surface area contributed by atoms with Gasteiger partial charge in [-0.15, -0.1) is 11.3 Å². The van der Waals surface area contributed by atoms with Crippen LogP contribution in [0.3, 0.4) is 0 Å². The van der Waals surface area contributed by atoms with Crippen LogP contribution in [0, 0.1) is 17.1 Å². The number of nitrogens with one attached hydrogen (secondary N) is 1. The van der Waals surface area contributed by atoms with E-state index in [4.69, 9.17) is 0 Å². The number of nitrogens with zero attached hydrogens (tertiary/aromatic N) is 3. The fourth-order valence-corrected chi connectivity index (χ4v) is 2.90. The Hall–Kier alpha value is -2.85. The van der Waals surface area contributed by atoms with E-state index in [1.165, 1.54) is 29.7 Å². The normalized spacial score (nSPS) is 11.8. The third-order valence-electron chi connectivity index (χ3n) is 2.92. The number of thiazole rings is 1. The van der Waals surface area contributed by atoms with Gasteiger partial charge in [0, 0.05) is 12.3 Å². The Morgan fingerprint density at radius 3 is 2.95 bits per heavy atom. The van der Waals surface area contributed by atoms with Gasteiger partial charge in [-0.25, -0.2) is 14.4 Å². The summed E-state index contributed by atoms with van der Waals surface area (Å²) >= 11 is 1.20. The van der Waals surface area contributed by atoms with Crippen LogP contribution in [0.15, 0.2) is 42.6 Å². The van der Waals surface area contributed by atoms with Crippen LogP contribution in [0.25, 0.3) is 10.2 Å². The number of rotatable bonds is 3. The van der Waals surface area contributed by atoms with E-state index in [0.29, 0.717) is 16.3 Å². The van der Waals surface area contributed by atoms with Crippen LogP contribution < -0.4 is 5.32 Å². The lowest BCUT2D eigenvalue weighted by atomic mass is 10.1. The number of carbonyl (C=O) groups is 1. The molecule has 5 nitrogen and oxygen atoms in total. The molecule has 0 saturated heterocycles. The van der Waals surface area contributed by atoms with Crippen LogP contribution >= 0.6 is 11.3 Å². The molecule has 0 fully saturated rings. The van der Waals surface area contributed by atoms with Crippen molar-refractivity contribution >= 4 is 33.3 Å². The van der Waals surface area contributed by atoms with Crippen molar-refractivity contribution in [2.24, 2.45) is 0 Å². The molecular weight excluding hydrogens is 303 g/mol. The van der Waals surface area contributed by atoms with Gasteiger partial charge >= 0.3 is 0 Å². The minimum Gasteiger partial charge on any atom is -0.309 e. The maximum atomic E-state index is 13.2. The molecule has 1 unspecified atom stereocenters. The number of halogens is 1. The zero-order valence-corrected chi connectivity index (χ0v) is 12.0. The number of nitriles is 1. The lowest BCUT2D eigenvalue weighted by molar-refractivity contribution is -0.116. The van der Waals surface area contributed by atoms with Gasteiger partial charge in [0.05, 0.1) is 16.3 Å². The lowest BCUT2D eigenvalue weighted by Gasteiger charge is -2.06. The minimum absolute atomic E-state index is 0.330. The SMILES string of the molecule is N#CC(C(=O)Nc1ccccn1)c1nc2cc(F)ccc2s1. The fraction of sp³-hybridized carbons (Fsp3) is 0.0667. The molecule has 0 aliphatic heterocycles. The van der Waals surface area contributed by atoms with Crippen molar-refractivity contribution in [2.75, 3.05) is 5.32 Å². The maximum Gasteiger partial charge on any atom is 0.249 e. The summed E-state index contributed by atoms with van der Waals surface area (Å²) in [6.45, 7) is 0. The molecule has 0 radical (unpaired) electrons. The highest BCUT2D eigenvalue weighted by Gasteiger charge is 2.24. The molecule has 2 aromatic heterocycles. The number of anilines is 1. The van der Waals surface area contributed by atoms with Crippen LogP contribution in [-0.2, 0) is 4.79 Å². The first-order valence-corrected chi connectivity index (χ1v) is 7.16. The number of carbonyl (C=O) groups excluding carboxylic acids is 1. The van der Waals surface area contributed by atoms with Crippen LogP contribution in [0.1, 0.15) is 10.9 Å². The van der Waals surface area contributed by atoms with Gasteiger partial charge in [0.25, 0.3) is 0 Å². The van der Waals surface area contributed by atoms with Crippen molar-refractivity contribution < 1.29 is 9.18 Å². The monoisotopic (exact) mass is 312 g/mol. The Kier molecular flexibility index (Phi) is 3.76. The number of aromatic nitrogens is 2. The van der Waals surface area contributed by atoms with Crippen LogP contribution in [-0.4, -0.2) is 15.9 Å². The second-order valence-corrected chi connectivity index (χ2v) is 5.49. The molecular formula is C15H9FN4OS. The molecule has 0 saturated carbocycles. The van der Waals surface area contributed by atoms with Crippen molar-refractivity contribution in [1.29, 1.82) is 5.26 Å². The summed E-state index contributed by atoms with van der Waals surface area (Å²) in [6.07, 6.45) is 1.54. The molecule has 1 atom stereocenters. The molecule has 3 aromatic rings. The molecule has 7 heteroatoms. The molecule has 108 valence electrons. The van der Waals surface area contributed by atoms with E-state index in [1.807, 2.05) is 6.07 Å². The summed E-state index contributed by atoms with van der Waals surface area (Å²) in [5.74, 6) is -1.63. The van der Waals surface area contributed by atoms with Gasteiger partial charge in [-0.3, -0.25) is 4.79 Å². The second-order valence-electron chi connectivity index (χ2n) is 4.43. The molecule has 2 heterocycles. The summed E-state index contributed by atoms with van der Waals surface area (Å²) < 4.78 is 13.9. The van der Waals surface area contributed by atoms with Crippen LogP contribution in [0.2, 0.25) is 0 Å². The Bertz CT molecular complexity index is 872. The Morgan fingerprint density at radius 2 is 2.23 bits per heavy atom. The van der Waals surface area contributed by atoms with Crippen molar-refractivity contribution in [2.45, 2.75) is 5.92 Å². The maximum absolute atomic E-state index is 13.2. The molecule has 0 aliphatic rings. The second kappa shape index (κ2) is 5.87. The molecule has 22 heavy (non-hydrogen) atoms. The third-order valence-corrected chi connectivity index (χ3v) is 4.02. The van der Waals surface area contributed by atoms with Gasteiger partial charge in [-0.05, 0) is 24.3 Å². The summed E-state index contributed by atoms with van der Waals surface area (Å²) in [5, 5.41) is 12.2. The smallest absolute Gasteiger partial charge is 0.249 e. The highest BCUT2D eigenvalue weighted by atomic mass is 32.1. The van der Waals surface area contributed by atoms with E-state index in [1.54, 1.807) is 24.3 Å². The van der Waals surface area contributed by atoms with Crippen LogP contribution in [0.4, 0.5) is 10.2 Å². The van der Waals surface area contributed by atoms with Crippen molar-refractivity contribution in [3.05, 3.63) is 53.4 Å². The number of amides is 1. The van der Waals surface area contributed by atoms with Crippen molar-refractivity contribution in [3.8, 4) is 6.07 Å². The van der Waals surface area contributed by atoms with E-state index in [9.17, 15) is 14.4 Å². The largest absolute Gasteiger partial charge is 0.309 e. The Labute approximate surface area is 129 Å². The van der Waals surface area contributed by atoms with Crippen LogP contribution in [0.5, 0.6) is 0 Å². The first-order valence-electron chi connectivity index (χ1n) is 6.35. The minimum atomic E-state index is -1.07. The van der Waals surface area contributed by atoms with E-state index in [0.717, 1.165) is 4.70 Å². The first-order chi connectivity index (χ1) is 10.7. The highest BCUT2D eigenvalue weighted by molar-refractivity contribution is 7.18. The zero-order chi connectivity index (χ0) is 15.5. The van der Waals surface area contributed by atoms with E-state index in [-0.39, 0.29) is 0 Å². The van der Waals surface area contributed by atoms with E-state index < -0.39 is 17.6 Å². The van der Waals surface area contributed by atoms with E-state index in [2.05, 4.69) is 15.3 Å². The number of benzene rings is 1. The number of hydrogen-bond donors (Lipinski definition) is 1. The average Bonchev–Trinajstić information content (AvgIpc) is 2.91. The van der Waals surface area contributed by atoms with Gasteiger partial charge in [0.15, 0.2) is 5.92 Å². The average molecular weight is 312 g/mol. The number of pyridine rings is 1. The number of fused-ring (bicyclic) bond motifs is 1. The topological polar surface area (TPSA) is 78.7 Å². The van der Waals surface area contributed by atoms with Crippen molar-refractivity contribution in [1.82, 2.24) is 9.97 Å². The molecule has 0 aliphatic carbocycles. The summed E-state index contributed by atoms with van der Waals surface area (Å²) in [7, 11) is 0. The Morgan fingerprint density at radius 1 is 1.36 bits per heavy atom. The summed E-state index contributed by atoms with van der Waals surface area (Å²) in [6, 6.07) is 11.2. The molecule has 3 rings (SSSR count). The van der Waals surface area contributed by atoms with E-state index >= 15 is 0 Å². The molecule has 1 N–H and O–H groups in total. The zero-order valence-electron chi connectivity index (χ0n) is 11.2. The third kappa shape index (κ3) is 2.77. The molecule has 0 bridgehead atoms. The quantitative estimate of drug-likeness (QED) is 0.806. The highest BCUT2D eigenvalue weighted by Crippen LogP contribution is 2.28. The first kappa shape index (κ1) is 14.1. The van der Waals surface area contributed by atoms with Crippen molar-refractivity contribution in [3.63, 3.8) is 0 Å². The lowest BCUT2D eigenvalue weighted by Crippen LogP contribution is -2.20. The fourth-order valence-electron chi connectivity index (χ4n) is 1.90. The predicted octanol–water partition coefficient (Wildman–Crippen LogP) is 3.08. The summed E-state index contributed by atoms with van der Waals surface area (Å²) in [5.41, 5.74) is 0.436. The number of hydrogen-bond acceptors (Lipinski definition) is 5. The molecule has 0 spiro atoms.